The van der Waals surface area contributed by atoms with Crippen molar-refractivity contribution in [3.63, 3.8) is 0 Å². The monoisotopic (exact) mass is 282 g/mol. The molecule has 1 aromatic carbocycles. The maximum Gasteiger partial charge on any atom is 0.331 e. The summed E-state index contributed by atoms with van der Waals surface area (Å²) < 4.78 is 25.7. The zero-order valence-electron chi connectivity index (χ0n) is 11.3. The normalized spacial score (nSPS) is 19.9. The number of nitrogens with one attached hydrogen (secondary N) is 1. The number of nitrogens with zero attached hydrogens (tertiary/aromatic N) is 1. The van der Waals surface area contributed by atoms with Gasteiger partial charge in [0.1, 0.15) is 0 Å². The Balaban J connectivity index is 2.30. The van der Waals surface area contributed by atoms with Crippen molar-refractivity contribution in [2.45, 2.75) is 31.7 Å². The topological polar surface area (TPSA) is 66.5 Å². The average Bonchev–Trinajstić information content (AvgIpc) is 2.73. The van der Waals surface area contributed by atoms with E-state index >= 15 is 0 Å². The van der Waals surface area contributed by atoms with E-state index in [0.29, 0.717) is 0 Å². The highest BCUT2D eigenvalue weighted by Crippen LogP contribution is 2.21. The number of benzene rings is 1. The first-order valence-electron chi connectivity index (χ1n) is 6.22. The van der Waals surface area contributed by atoms with Crippen molar-refractivity contribution in [2.75, 3.05) is 6.54 Å². The Morgan fingerprint density at radius 2 is 1.84 bits per heavy atom. The fourth-order valence-corrected chi connectivity index (χ4v) is 3.32. The Morgan fingerprint density at radius 1 is 1.26 bits per heavy atom. The van der Waals surface area contributed by atoms with Crippen molar-refractivity contribution in [2.24, 2.45) is 5.92 Å². The van der Waals surface area contributed by atoms with E-state index in [4.69, 9.17) is 0 Å². The van der Waals surface area contributed by atoms with E-state index in [1.807, 2.05) is 20.8 Å². The first-order valence-corrected chi connectivity index (χ1v) is 7.66. The van der Waals surface area contributed by atoms with E-state index in [9.17, 15) is 13.2 Å². The van der Waals surface area contributed by atoms with Crippen molar-refractivity contribution in [1.82, 2.24) is 9.62 Å². The predicted molar refractivity (Wildman–Crippen MR) is 72.2 cm³/mol. The van der Waals surface area contributed by atoms with Crippen molar-refractivity contribution in [1.29, 1.82) is 0 Å². The number of rotatable bonds is 3. The minimum atomic E-state index is -3.75. The van der Waals surface area contributed by atoms with Crippen LogP contribution in [0, 0.1) is 12.8 Å². The molecule has 2 amide bonds. The maximum absolute atomic E-state index is 12.4. The number of carbonyl (C=O) groups excluding carboxylic acids is 1. The van der Waals surface area contributed by atoms with Gasteiger partial charge in [-0.3, -0.25) is 0 Å². The number of hydrogen-bond acceptors (Lipinski definition) is 3. The molecule has 104 valence electrons. The Labute approximate surface area is 113 Å². The van der Waals surface area contributed by atoms with Gasteiger partial charge >= 0.3 is 6.03 Å². The quantitative estimate of drug-likeness (QED) is 0.918. The summed E-state index contributed by atoms with van der Waals surface area (Å²) in [5.41, 5.74) is 0.977. The second kappa shape index (κ2) is 4.85. The zero-order chi connectivity index (χ0) is 14.2. The molecule has 0 spiro atoms. The smallest absolute Gasteiger partial charge is 0.331 e. The molecule has 2 rings (SSSR count). The van der Waals surface area contributed by atoms with Crippen LogP contribution in [0.4, 0.5) is 4.79 Å². The number of urea groups is 1. The van der Waals surface area contributed by atoms with Crippen LogP contribution in [0.15, 0.2) is 29.2 Å². The molecule has 1 aliphatic heterocycles. The van der Waals surface area contributed by atoms with Crippen LogP contribution in [0.3, 0.4) is 0 Å². The van der Waals surface area contributed by atoms with E-state index in [1.165, 1.54) is 12.1 Å². The van der Waals surface area contributed by atoms with Crippen LogP contribution >= 0.6 is 0 Å². The van der Waals surface area contributed by atoms with E-state index in [1.54, 1.807) is 12.1 Å². The van der Waals surface area contributed by atoms with Crippen LogP contribution in [-0.4, -0.2) is 31.3 Å². The Kier molecular flexibility index (Phi) is 3.54. The molecule has 1 atom stereocenters. The van der Waals surface area contributed by atoms with Crippen LogP contribution in [0.25, 0.3) is 0 Å². The van der Waals surface area contributed by atoms with Gasteiger partial charge in [0.15, 0.2) is 0 Å². The van der Waals surface area contributed by atoms with Crippen molar-refractivity contribution in [3.05, 3.63) is 29.8 Å². The van der Waals surface area contributed by atoms with E-state index < -0.39 is 16.1 Å². The molecule has 19 heavy (non-hydrogen) atoms. The molecule has 0 bridgehead atoms. The number of carbonyl (C=O) groups is 1. The first kappa shape index (κ1) is 13.9. The molecule has 0 aromatic heterocycles. The predicted octanol–water partition coefficient (Wildman–Crippen LogP) is 1.73. The first-order chi connectivity index (χ1) is 8.82. The SMILES string of the molecule is Cc1ccc(S(=O)(=O)N2C[C@H](C(C)C)NC2=O)cc1. The van der Waals surface area contributed by atoms with Crippen molar-refractivity contribution in [3.8, 4) is 0 Å². The number of hydrogen-bond donors (Lipinski definition) is 1. The molecule has 1 N–H and O–H groups in total. The maximum atomic E-state index is 12.4. The van der Waals surface area contributed by atoms with Crippen LogP contribution < -0.4 is 5.32 Å². The summed E-state index contributed by atoms with van der Waals surface area (Å²) in [5.74, 6) is 0.196. The summed E-state index contributed by atoms with van der Waals surface area (Å²) in [5, 5.41) is 2.70. The molecule has 0 unspecified atom stereocenters. The van der Waals surface area contributed by atoms with Gasteiger partial charge in [0.05, 0.1) is 17.5 Å². The van der Waals surface area contributed by atoms with E-state index in [0.717, 1.165) is 9.87 Å². The molecule has 5 nitrogen and oxygen atoms in total. The van der Waals surface area contributed by atoms with Gasteiger partial charge in [-0.2, -0.15) is 0 Å². The van der Waals surface area contributed by atoms with Gasteiger partial charge in [0.25, 0.3) is 10.0 Å². The highest BCUT2D eigenvalue weighted by molar-refractivity contribution is 7.89. The highest BCUT2D eigenvalue weighted by Gasteiger charge is 2.38. The van der Waals surface area contributed by atoms with Crippen LogP contribution in [0.5, 0.6) is 0 Å². The summed E-state index contributed by atoms with van der Waals surface area (Å²) in [6, 6.07) is 5.83. The lowest BCUT2D eigenvalue weighted by Crippen LogP contribution is -2.34. The number of amides is 2. The minimum Gasteiger partial charge on any atom is -0.332 e. The molecule has 1 heterocycles. The molecular weight excluding hydrogens is 264 g/mol. The fourth-order valence-electron chi connectivity index (χ4n) is 1.96. The standard InChI is InChI=1S/C13H18N2O3S/c1-9(2)12-8-15(13(16)14-12)19(17,18)11-6-4-10(3)5-7-11/h4-7,9,12H,8H2,1-3H3,(H,14,16)/t12-/m1/s1. The summed E-state index contributed by atoms with van der Waals surface area (Å²) >= 11 is 0. The van der Waals surface area contributed by atoms with Gasteiger partial charge in [0, 0.05) is 0 Å². The third kappa shape index (κ3) is 2.58. The van der Waals surface area contributed by atoms with Gasteiger partial charge in [-0.25, -0.2) is 17.5 Å². The van der Waals surface area contributed by atoms with Crippen molar-refractivity contribution < 1.29 is 13.2 Å². The Morgan fingerprint density at radius 3 is 2.32 bits per heavy atom. The number of sulfonamides is 1. The summed E-state index contributed by atoms with van der Waals surface area (Å²) in [7, 11) is -3.75. The third-order valence-corrected chi connectivity index (χ3v) is 5.07. The fraction of sp³-hybridized carbons (Fsp3) is 0.462. The van der Waals surface area contributed by atoms with E-state index in [2.05, 4.69) is 5.32 Å². The average molecular weight is 282 g/mol. The van der Waals surface area contributed by atoms with Gasteiger partial charge in [-0.05, 0) is 25.0 Å². The zero-order valence-corrected chi connectivity index (χ0v) is 12.1. The molecule has 1 saturated heterocycles. The highest BCUT2D eigenvalue weighted by atomic mass is 32.2. The Bertz CT molecular complexity index is 578. The van der Waals surface area contributed by atoms with Crippen LogP contribution in [0.1, 0.15) is 19.4 Å². The van der Waals surface area contributed by atoms with Crippen molar-refractivity contribution >= 4 is 16.1 Å². The largest absolute Gasteiger partial charge is 0.332 e. The molecule has 1 aliphatic rings. The second-order valence-electron chi connectivity index (χ2n) is 5.15. The second-order valence-corrected chi connectivity index (χ2v) is 7.01. The molecule has 1 aromatic rings. The molecule has 1 fully saturated rings. The summed E-state index contributed by atoms with van der Waals surface area (Å²) in [4.78, 5) is 12.0. The molecular formula is C13H18N2O3S. The van der Waals surface area contributed by atoms with Crippen LogP contribution in [-0.2, 0) is 10.0 Å². The van der Waals surface area contributed by atoms with Crippen LogP contribution in [0.2, 0.25) is 0 Å². The lowest BCUT2D eigenvalue weighted by molar-refractivity contribution is 0.235. The number of aryl methyl sites for hydroxylation is 1. The summed E-state index contributed by atoms with van der Waals surface area (Å²) in [6.45, 7) is 5.97. The van der Waals surface area contributed by atoms with Gasteiger partial charge < -0.3 is 5.32 Å². The van der Waals surface area contributed by atoms with E-state index in [-0.39, 0.29) is 23.4 Å². The minimum absolute atomic E-state index is 0.132. The third-order valence-electron chi connectivity index (χ3n) is 3.31. The Hall–Kier alpha value is -1.56. The molecule has 0 saturated carbocycles. The van der Waals surface area contributed by atoms with Gasteiger partial charge in [-0.15, -0.1) is 0 Å². The van der Waals surface area contributed by atoms with Gasteiger partial charge in [-0.1, -0.05) is 31.5 Å². The lowest BCUT2D eigenvalue weighted by Gasteiger charge is -2.16. The lowest BCUT2D eigenvalue weighted by atomic mass is 10.1. The summed E-state index contributed by atoms with van der Waals surface area (Å²) in [6.07, 6.45) is 0. The molecule has 0 radical (unpaired) electrons. The molecule has 6 heteroatoms. The molecule has 0 aliphatic carbocycles. The van der Waals surface area contributed by atoms with Gasteiger partial charge in [0.2, 0.25) is 0 Å².